The van der Waals surface area contributed by atoms with Crippen molar-refractivity contribution in [1.29, 1.82) is 0 Å². The average molecular weight is 325 g/mol. The molecule has 0 unspecified atom stereocenters. The largest absolute Gasteiger partial charge is 0.489 e. The molecule has 1 aromatic carbocycles. The summed E-state index contributed by atoms with van der Waals surface area (Å²) in [6, 6.07) is 7.31. The Morgan fingerprint density at radius 2 is 2.09 bits per heavy atom. The average Bonchev–Trinajstić information content (AvgIpc) is 2.52. The number of halogens is 1. The lowest BCUT2D eigenvalue weighted by Gasteiger charge is -2.34. The number of piperidine rings is 1. The first-order valence-electron chi connectivity index (χ1n) is 7.46. The Balaban J connectivity index is 0.00000242. The first-order valence-corrected chi connectivity index (χ1v) is 7.46. The van der Waals surface area contributed by atoms with E-state index in [1.54, 1.807) is 12.1 Å². The van der Waals surface area contributed by atoms with Gasteiger partial charge in [-0.05, 0) is 43.5 Å². The molecule has 0 bridgehead atoms. The molecule has 1 aromatic rings. The zero-order chi connectivity index (χ0) is 15.1. The molecule has 22 heavy (non-hydrogen) atoms. The third-order valence-corrected chi connectivity index (χ3v) is 3.97. The number of hydrogen-bond donors (Lipinski definition) is 2. The highest BCUT2D eigenvalue weighted by molar-refractivity contribution is 5.96. The lowest BCUT2D eigenvalue weighted by atomic mass is 9.81. The van der Waals surface area contributed by atoms with E-state index in [1.165, 1.54) is 0 Å². The summed E-state index contributed by atoms with van der Waals surface area (Å²) in [6.07, 6.45) is 3.84. The predicted molar refractivity (Wildman–Crippen MR) is 91.9 cm³/mol. The van der Waals surface area contributed by atoms with Gasteiger partial charge in [0.05, 0.1) is 5.56 Å². The molecule has 0 spiro atoms. The van der Waals surface area contributed by atoms with E-state index in [1.807, 2.05) is 18.2 Å². The van der Waals surface area contributed by atoms with E-state index in [4.69, 9.17) is 4.74 Å². The summed E-state index contributed by atoms with van der Waals surface area (Å²) in [5.41, 5.74) is 0.759. The van der Waals surface area contributed by atoms with E-state index in [-0.39, 0.29) is 23.7 Å². The number of amides is 1. The van der Waals surface area contributed by atoms with Gasteiger partial charge in [0.15, 0.2) is 0 Å². The van der Waals surface area contributed by atoms with E-state index >= 15 is 0 Å². The first-order chi connectivity index (χ1) is 10.1. The lowest BCUT2D eigenvalue weighted by molar-refractivity contribution is 0.0918. The van der Waals surface area contributed by atoms with Gasteiger partial charge in [-0.15, -0.1) is 12.4 Å². The van der Waals surface area contributed by atoms with E-state index in [2.05, 4.69) is 24.1 Å². The fraction of sp³-hybridized carbons (Fsp3) is 0.471. The molecule has 1 fully saturated rings. The lowest BCUT2D eigenvalue weighted by Crippen LogP contribution is -2.42. The highest BCUT2D eigenvalue weighted by atomic mass is 35.5. The van der Waals surface area contributed by atoms with Crippen molar-refractivity contribution in [3.05, 3.63) is 42.5 Å². The SMILES string of the molecule is C=CCOc1ccccc1C(=O)NCC1(C)CCNCC1.Cl. The normalized spacial score (nSPS) is 16.2. The Labute approximate surface area is 138 Å². The Morgan fingerprint density at radius 3 is 2.77 bits per heavy atom. The van der Waals surface area contributed by atoms with Gasteiger partial charge in [0.2, 0.25) is 0 Å². The minimum absolute atomic E-state index is 0. The van der Waals surface area contributed by atoms with Crippen molar-refractivity contribution in [2.45, 2.75) is 19.8 Å². The third-order valence-electron chi connectivity index (χ3n) is 3.97. The van der Waals surface area contributed by atoms with Crippen LogP contribution in [0.1, 0.15) is 30.1 Å². The van der Waals surface area contributed by atoms with Crippen LogP contribution in [0.5, 0.6) is 5.75 Å². The molecule has 1 heterocycles. The van der Waals surface area contributed by atoms with Crippen LogP contribution in [0.4, 0.5) is 0 Å². The third kappa shape index (κ3) is 5.04. The van der Waals surface area contributed by atoms with Crippen LogP contribution in [0.15, 0.2) is 36.9 Å². The van der Waals surface area contributed by atoms with Gasteiger partial charge < -0.3 is 15.4 Å². The van der Waals surface area contributed by atoms with Gasteiger partial charge >= 0.3 is 0 Å². The monoisotopic (exact) mass is 324 g/mol. The van der Waals surface area contributed by atoms with Crippen molar-refractivity contribution in [3.63, 3.8) is 0 Å². The van der Waals surface area contributed by atoms with Gasteiger partial charge in [0.25, 0.3) is 5.91 Å². The number of rotatable bonds is 6. The molecule has 2 rings (SSSR count). The van der Waals surface area contributed by atoms with Crippen molar-refractivity contribution >= 4 is 18.3 Å². The summed E-state index contributed by atoms with van der Waals surface area (Å²) < 4.78 is 5.54. The van der Waals surface area contributed by atoms with Crippen LogP contribution in [-0.2, 0) is 0 Å². The van der Waals surface area contributed by atoms with Crippen LogP contribution < -0.4 is 15.4 Å². The van der Waals surface area contributed by atoms with Gasteiger partial charge in [0.1, 0.15) is 12.4 Å². The number of para-hydroxylation sites is 1. The van der Waals surface area contributed by atoms with E-state index < -0.39 is 0 Å². The van der Waals surface area contributed by atoms with Crippen LogP contribution in [-0.4, -0.2) is 32.1 Å². The van der Waals surface area contributed by atoms with Crippen LogP contribution in [0, 0.1) is 5.41 Å². The van der Waals surface area contributed by atoms with Crippen LogP contribution in [0.2, 0.25) is 0 Å². The summed E-state index contributed by atoms with van der Waals surface area (Å²) >= 11 is 0. The topological polar surface area (TPSA) is 50.4 Å². The minimum Gasteiger partial charge on any atom is -0.489 e. The quantitative estimate of drug-likeness (QED) is 0.791. The number of carbonyl (C=O) groups is 1. The number of nitrogens with one attached hydrogen (secondary N) is 2. The van der Waals surface area contributed by atoms with E-state index in [9.17, 15) is 4.79 Å². The van der Waals surface area contributed by atoms with Crippen LogP contribution in [0.3, 0.4) is 0 Å². The highest BCUT2D eigenvalue weighted by Gasteiger charge is 2.27. The fourth-order valence-corrected chi connectivity index (χ4v) is 2.52. The molecule has 1 amide bonds. The molecule has 0 aromatic heterocycles. The second kappa shape index (κ2) is 8.81. The Kier molecular flexibility index (Phi) is 7.42. The molecule has 122 valence electrons. The summed E-state index contributed by atoms with van der Waals surface area (Å²) in [4.78, 5) is 12.4. The maximum absolute atomic E-state index is 12.4. The molecular formula is C17H25ClN2O2. The molecule has 0 saturated carbocycles. The summed E-state index contributed by atoms with van der Waals surface area (Å²) in [7, 11) is 0. The molecule has 5 heteroatoms. The first kappa shape index (κ1) is 18.5. The molecule has 0 radical (unpaired) electrons. The van der Waals surface area contributed by atoms with Crippen molar-refractivity contribution < 1.29 is 9.53 Å². The van der Waals surface area contributed by atoms with Gasteiger partial charge in [-0.1, -0.05) is 31.7 Å². The van der Waals surface area contributed by atoms with Crippen molar-refractivity contribution in [2.75, 3.05) is 26.2 Å². The van der Waals surface area contributed by atoms with Crippen molar-refractivity contribution in [2.24, 2.45) is 5.41 Å². The van der Waals surface area contributed by atoms with Gasteiger partial charge in [0, 0.05) is 6.54 Å². The van der Waals surface area contributed by atoms with Crippen molar-refractivity contribution in [3.8, 4) is 5.75 Å². The second-order valence-electron chi connectivity index (χ2n) is 5.84. The molecule has 0 aliphatic carbocycles. The molecule has 0 atom stereocenters. The number of carbonyl (C=O) groups excluding carboxylic acids is 1. The van der Waals surface area contributed by atoms with Gasteiger partial charge in [-0.3, -0.25) is 4.79 Å². The minimum atomic E-state index is -0.0746. The van der Waals surface area contributed by atoms with Gasteiger partial charge in [-0.2, -0.15) is 0 Å². The number of ether oxygens (including phenoxy) is 1. The van der Waals surface area contributed by atoms with E-state index in [0.717, 1.165) is 25.9 Å². The molecule has 1 aliphatic heterocycles. The van der Waals surface area contributed by atoms with E-state index in [0.29, 0.717) is 24.5 Å². The Morgan fingerprint density at radius 1 is 1.41 bits per heavy atom. The smallest absolute Gasteiger partial charge is 0.255 e. The van der Waals surface area contributed by atoms with Crippen LogP contribution in [0.25, 0.3) is 0 Å². The second-order valence-corrected chi connectivity index (χ2v) is 5.84. The summed E-state index contributed by atoms with van der Waals surface area (Å²) in [5.74, 6) is 0.528. The summed E-state index contributed by atoms with van der Waals surface area (Å²) in [6.45, 7) is 8.99. The zero-order valence-corrected chi connectivity index (χ0v) is 13.9. The Hall–Kier alpha value is -1.52. The van der Waals surface area contributed by atoms with Crippen LogP contribution >= 0.6 is 12.4 Å². The number of benzene rings is 1. The predicted octanol–water partition coefficient (Wildman–Crippen LogP) is 2.79. The molecule has 2 N–H and O–H groups in total. The zero-order valence-electron chi connectivity index (χ0n) is 13.1. The molecule has 1 saturated heterocycles. The van der Waals surface area contributed by atoms with Gasteiger partial charge in [-0.25, -0.2) is 0 Å². The maximum atomic E-state index is 12.4. The standard InChI is InChI=1S/C17H24N2O2.ClH/c1-3-12-21-15-7-5-4-6-14(15)16(20)19-13-17(2)8-10-18-11-9-17;/h3-7,18H,1,8-13H2,2H3,(H,19,20);1H. The fourth-order valence-electron chi connectivity index (χ4n) is 2.52. The molecular weight excluding hydrogens is 300 g/mol. The maximum Gasteiger partial charge on any atom is 0.255 e. The molecule has 4 nitrogen and oxygen atoms in total. The number of hydrogen-bond acceptors (Lipinski definition) is 3. The highest BCUT2D eigenvalue weighted by Crippen LogP contribution is 2.27. The summed E-state index contributed by atoms with van der Waals surface area (Å²) in [5, 5.41) is 6.40. The Bertz CT molecular complexity index is 499. The van der Waals surface area contributed by atoms with Crippen molar-refractivity contribution in [1.82, 2.24) is 10.6 Å². The molecule has 1 aliphatic rings.